The molecular weight excluding hydrogens is 536 g/mol. The Balaban J connectivity index is 2.88. The van der Waals surface area contributed by atoms with Crippen LogP contribution in [0.15, 0.2) is 24.3 Å². The van der Waals surface area contributed by atoms with Gasteiger partial charge in [-0.05, 0) is 47.6 Å². The predicted molar refractivity (Wildman–Crippen MR) is 154 cm³/mol. The lowest BCUT2D eigenvalue weighted by Crippen LogP contribution is -2.45. The molecule has 224 valence electrons. The van der Waals surface area contributed by atoms with Crippen LogP contribution in [-0.2, 0) is 33.4 Å². The quantitative estimate of drug-likeness (QED) is 0.181. The van der Waals surface area contributed by atoms with E-state index in [9.17, 15) is 24.0 Å². The Bertz CT molecular complexity index is 1000. The smallest absolute Gasteiger partial charge is 0.329 e. The number of ether oxygens (including phenoxy) is 3. The minimum atomic E-state index is -0.912. The highest BCUT2D eigenvalue weighted by Crippen LogP contribution is 2.27. The molecule has 1 aromatic carbocycles. The second kappa shape index (κ2) is 16.9. The summed E-state index contributed by atoms with van der Waals surface area (Å²) in [6.45, 7) is 11.1. The summed E-state index contributed by atoms with van der Waals surface area (Å²) in [5, 5.41) is 5.55. The van der Waals surface area contributed by atoms with Crippen LogP contribution < -0.4 is 15.4 Å². The van der Waals surface area contributed by atoms with Gasteiger partial charge in [0.25, 0.3) is 0 Å². The topological polar surface area (TPSA) is 137 Å². The predicted octanol–water partition coefficient (Wildman–Crippen LogP) is 3.62. The van der Waals surface area contributed by atoms with Gasteiger partial charge in [0.15, 0.2) is 0 Å². The first-order chi connectivity index (χ1) is 18.7. The van der Waals surface area contributed by atoms with E-state index >= 15 is 0 Å². The van der Waals surface area contributed by atoms with Crippen LogP contribution in [0, 0.1) is 11.3 Å². The molecule has 0 saturated carbocycles. The van der Waals surface area contributed by atoms with Gasteiger partial charge in [-0.2, -0.15) is 11.8 Å². The lowest BCUT2D eigenvalue weighted by molar-refractivity contribution is -0.145. The number of hydrogen-bond acceptors (Lipinski definition) is 9. The maximum absolute atomic E-state index is 13.4. The van der Waals surface area contributed by atoms with Gasteiger partial charge in [-0.25, -0.2) is 9.59 Å². The number of carbonyl (C=O) groups excluding carboxylic acids is 5. The van der Waals surface area contributed by atoms with Gasteiger partial charge in [0.1, 0.15) is 17.8 Å². The summed E-state index contributed by atoms with van der Waals surface area (Å²) >= 11 is 1.35. The molecule has 0 radical (unpaired) electrons. The minimum absolute atomic E-state index is 0.193. The highest BCUT2D eigenvalue weighted by Gasteiger charge is 2.29. The molecule has 0 fully saturated rings. The van der Waals surface area contributed by atoms with Gasteiger partial charge in [-0.1, -0.05) is 46.8 Å². The van der Waals surface area contributed by atoms with Crippen molar-refractivity contribution in [2.75, 3.05) is 25.7 Å². The number of nitrogens with one attached hydrogen (secondary N) is 2. The molecular formula is C29H44N2O8S. The third-order valence-corrected chi connectivity index (χ3v) is 6.81. The van der Waals surface area contributed by atoms with Crippen molar-refractivity contribution >= 4 is 41.5 Å². The number of thioether (sulfide) groups is 1. The van der Waals surface area contributed by atoms with Crippen LogP contribution in [0.5, 0.6) is 5.75 Å². The van der Waals surface area contributed by atoms with Crippen LogP contribution in [0.4, 0.5) is 0 Å². The fourth-order valence-electron chi connectivity index (χ4n) is 3.90. The van der Waals surface area contributed by atoms with Crippen molar-refractivity contribution < 1.29 is 38.2 Å². The molecule has 2 N–H and O–H groups in total. The molecule has 40 heavy (non-hydrogen) atoms. The molecule has 0 saturated heterocycles. The van der Waals surface area contributed by atoms with Crippen LogP contribution in [0.1, 0.15) is 72.3 Å². The Hall–Kier alpha value is -3.08. The zero-order valence-electron chi connectivity index (χ0n) is 24.8. The maximum Gasteiger partial charge on any atom is 0.329 e. The number of hydrogen-bond donors (Lipinski definition) is 2. The lowest BCUT2D eigenvalue weighted by atomic mass is 9.89. The molecule has 0 bridgehead atoms. The second-order valence-corrected chi connectivity index (χ2v) is 12.3. The minimum Gasteiger partial charge on any atom is -0.467 e. The summed E-state index contributed by atoms with van der Waals surface area (Å²) in [4.78, 5) is 61.6. The van der Waals surface area contributed by atoms with E-state index in [2.05, 4.69) is 10.6 Å². The first-order valence-corrected chi connectivity index (χ1v) is 14.4. The highest BCUT2D eigenvalue weighted by molar-refractivity contribution is 7.99. The maximum atomic E-state index is 13.4. The first kappa shape index (κ1) is 34.9. The van der Waals surface area contributed by atoms with Gasteiger partial charge in [-0.15, -0.1) is 0 Å². The third kappa shape index (κ3) is 13.3. The largest absolute Gasteiger partial charge is 0.467 e. The number of methoxy groups -OCH3 is 2. The van der Waals surface area contributed by atoms with Crippen molar-refractivity contribution in [3.8, 4) is 5.75 Å². The van der Waals surface area contributed by atoms with E-state index in [-0.39, 0.29) is 35.3 Å². The number of amides is 2. The van der Waals surface area contributed by atoms with Crippen molar-refractivity contribution in [2.24, 2.45) is 11.3 Å². The molecule has 0 aliphatic carbocycles. The Morgan fingerprint density at radius 2 is 1.48 bits per heavy atom. The Kier molecular flexibility index (Phi) is 14.8. The lowest BCUT2D eigenvalue weighted by Gasteiger charge is -2.23. The molecule has 3 atom stereocenters. The summed E-state index contributed by atoms with van der Waals surface area (Å²) in [6.07, 6.45) is 1.09. The van der Waals surface area contributed by atoms with Crippen molar-refractivity contribution in [1.82, 2.24) is 10.6 Å². The van der Waals surface area contributed by atoms with E-state index in [1.54, 1.807) is 24.3 Å². The summed E-state index contributed by atoms with van der Waals surface area (Å²) in [6, 6.07) is 4.99. The monoisotopic (exact) mass is 580 g/mol. The number of esters is 3. The number of carbonyl (C=O) groups is 5. The third-order valence-electron chi connectivity index (χ3n) is 5.72. The molecule has 0 aliphatic heterocycles. The molecule has 1 aromatic rings. The second-order valence-electron chi connectivity index (χ2n) is 11.2. The number of rotatable bonds is 15. The van der Waals surface area contributed by atoms with Gasteiger partial charge in [0.05, 0.1) is 20.1 Å². The Morgan fingerprint density at radius 1 is 0.900 bits per heavy atom. The van der Waals surface area contributed by atoms with Crippen LogP contribution in [0.3, 0.4) is 0 Å². The van der Waals surface area contributed by atoms with Crippen molar-refractivity contribution in [3.63, 3.8) is 0 Å². The van der Waals surface area contributed by atoms with Crippen molar-refractivity contribution in [1.29, 1.82) is 0 Å². The van der Waals surface area contributed by atoms with E-state index in [0.717, 1.165) is 5.56 Å². The summed E-state index contributed by atoms with van der Waals surface area (Å²) in [7, 11) is 2.52. The highest BCUT2D eigenvalue weighted by atomic mass is 32.2. The summed E-state index contributed by atoms with van der Waals surface area (Å²) in [5.74, 6) is -1.47. The summed E-state index contributed by atoms with van der Waals surface area (Å²) in [5.41, 5.74) is 0.494. The van der Waals surface area contributed by atoms with E-state index < -0.39 is 35.9 Å². The zero-order valence-corrected chi connectivity index (χ0v) is 25.6. The summed E-state index contributed by atoms with van der Waals surface area (Å²) < 4.78 is 14.8. The molecule has 0 aliphatic rings. The molecule has 11 heteroatoms. The van der Waals surface area contributed by atoms with Crippen LogP contribution in [0.25, 0.3) is 0 Å². The molecule has 0 spiro atoms. The zero-order chi connectivity index (χ0) is 30.5. The Morgan fingerprint density at radius 3 is 1.98 bits per heavy atom. The molecule has 1 rings (SSSR count). The first-order valence-electron chi connectivity index (χ1n) is 13.3. The van der Waals surface area contributed by atoms with Crippen LogP contribution >= 0.6 is 11.8 Å². The normalized spacial score (nSPS) is 13.5. The van der Waals surface area contributed by atoms with Gasteiger partial charge in [0.2, 0.25) is 11.8 Å². The molecule has 2 amide bonds. The molecule has 0 heterocycles. The SMILES string of the molecule is COC(=O)[C@H](CCSC[C@H](NC(=O)[C@H](CC(C)C)c1ccc(OC(C)=O)cc1)C(=O)OC)NC(=O)CC(C)(C)C. The van der Waals surface area contributed by atoms with Gasteiger partial charge in [-0.3, -0.25) is 14.4 Å². The van der Waals surface area contributed by atoms with Crippen molar-refractivity contribution in [3.05, 3.63) is 29.8 Å². The van der Waals surface area contributed by atoms with E-state index in [1.807, 2.05) is 34.6 Å². The molecule has 10 nitrogen and oxygen atoms in total. The van der Waals surface area contributed by atoms with Gasteiger partial charge < -0.3 is 24.8 Å². The van der Waals surface area contributed by atoms with Crippen molar-refractivity contribution in [2.45, 2.75) is 78.8 Å². The average molecular weight is 581 g/mol. The molecule has 0 aromatic heterocycles. The standard InChI is InChI=1S/C29H44N2O8S/c1-18(2)15-22(20-9-11-21(12-10-20)39-19(3)32)26(34)31-24(28(36)38-8)17-40-14-13-23(27(35)37-7)30-25(33)16-29(4,5)6/h9-12,18,22-24H,13-17H2,1-8H3,(H,30,33)(H,31,34)/t22-,23+,24+/m1/s1. The number of benzene rings is 1. The molecule has 0 unspecified atom stereocenters. The van der Waals surface area contributed by atoms with Gasteiger partial charge >= 0.3 is 17.9 Å². The Labute approximate surface area is 241 Å². The fourth-order valence-corrected chi connectivity index (χ4v) is 4.93. The van der Waals surface area contributed by atoms with Crippen LogP contribution in [0.2, 0.25) is 0 Å². The van der Waals surface area contributed by atoms with E-state index in [0.29, 0.717) is 24.3 Å². The van der Waals surface area contributed by atoms with E-state index in [1.165, 1.54) is 32.9 Å². The fraction of sp³-hybridized carbons (Fsp3) is 0.621. The van der Waals surface area contributed by atoms with Gasteiger partial charge in [0, 0.05) is 19.1 Å². The van der Waals surface area contributed by atoms with E-state index in [4.69, 9.17) is 14.2 Å². The van der Waals surface area contributed by atoms with Crippen LogP contribution in [-0.4, -0.2) is 67.5 Å². The average Bonchev–Trinajstić information content (AvgIpc) is 2.86.